The van der Waals surface area contributed by atoms with Crippen LogP contribution in [0.3, 0.4) is 0 Å². The van der Waals surface area contributed by atoms with Crippen LogP contribution in [0, 0.1) is 23.7 Å². The lowest BCUT2D eigenvalue weighted by Gasteiger charge is -2.34. The van der Waals surface area contributed by atoms with Crippen molar-refractivity contribution in [2.75, 3.05) is 0 Å². The second kappa shape index (κ2) is 16.9. The van der Waals surface area contributed by atoms with Crippen molar-refractivity contribution < 1.29 is 5.11 Å². The van der Waals surface area contributed by atoms with Crippen LogP contribution in [-0.4, -0.2) is 5.11 Å². The quantitative estimate of drug-likeness (QED) is 0.463. The average Bonchev–Trinajstić information content (AvgIpc) is 2.81. The van der Waals surface area contributed by atoms with Gasteiger partial charge in [-0.2, -0.15) is 0 Å². The normalized spacial score (nSPS) is 28.4. The molecule has 0 heterocycles. The first kappa shape index (κ1) is 27.0. The number of allylic oxidation sites excluding steroid dienone is 5. The van der Waals surface area contributed by atoms with E-state index in [1.54, 1.807) is 0 Å². The smallest absolute Gasteiger partial charge is 0.0794 e. The van der Waals surface area contributed by atoms with E-state index >= 15 is 0 Å². The predicted octanol–water partition coefficient (Wildman–Crippen LogP) is 9.42. The number of rotatable bonds is 5. The topological polar surface area (TPSA) is 20.2 Å². The summed E-state index contributed by atoms with van der Waals surface area (Å²) >= 11 is 0. The first-order chi connectivity index (χ1) is 13.7. The monoisotopic (exact) mass is 390 g/mol. The SMILES string of the molecule is C/C=C\C1=C(/C=C/O)CCC2CCCC(CCCC)C(C)CCC12.CC.CC. The second-order valence-electron chi connectivity index (χ2n) is 8.09. The molecule has 2 aliphatic carbocycles. The zero-order valence-corrected chi connectivity index (χ0v) is 20.1. The van der Waals surface area contributed by atoms with Crippen LogP contribution in [0.5, 0.6) is 0 Å². The van der Waals surface area contributed by atoms with E-state index in [4.69, 9.17) is 0 Å². The molecule has 4 unspecified atom stereocenters. The van der Waals surface area contributed by atoms with E-state index in [0.29, 0.717) is 5.92 Å². The molecular formula is C27H50O. The lowest BCUT2D eigenvalue weighted by Crippen LogP contribution is -2.22. The van der Waals surface area contributed by atoms with E-state index in [0.717, 1.165) is 24.2 Å². The maximum atomic E-state index is 9.27. The fourth-order valence-electron chi connectivity index (χ4n) is 5.10. The molecule has 0 saturated heterocycles. The molecule has 1 saturated carbocycles. The Hall–Kier alpha value is -0.980. The molecule has 0 radical (unpaired) electrons. The van der Waals surface area contributed by atoms with Crippen LogP contribution in [0.4, 0.5) is 0 Å². The summed E-state index contributed by atoms with van der Waals surface area (Å²) < 4.78 is 0. The Balaban J connectivity index is 0.00000171. The molecule has 28 heavy (non-hydrogen) atoms. The molecule has 1 N–H and O–H groups in total. The number of hydrogen-bond acceptors (Lipinski definition) is 1. The van der Waals surface area contributed by atoms with Crippen LogP contribution in [0.15, 0.2) is 35.6 Å². The zero-order valence-electron chi connectivity index (χ0n) is 20.1. The van der Waals surface area contributed by atoms with Crippen LogP contribution in [-0.2, 0) is 0 Å². The maximum Gasteiger partial charge on any atom is 0.0794 e. The van der Waals surface area contributed by atoms with Gasteiger partial charge in [-0.25, -0.2) is 0 Å². The summed E-state index contributed by atoms with van der Waals surface area (Å²) in [6, 6.07) is 0. The van der Waals surface area contributed by atoms with Gasteiger partial charge >= 0.3 is 0 Å². The van der Waals surface area contributed by atoms with Crippen LogP contribution in [0.2, 0.25) is 0 Å². The number of aliphatic hydroxyl groups excluding tert-OH is 1. The van der Waals surface area contributed by atoms with Crippen LogP contribution in [0.25, 0.3) is 0 Å². The fourth-order valence-corrected chi connectivity index (χ4v) is 5.10. The van der Waals surface area contributed by atoms with Crippen molar-refractivity contribution in [3.63, 3.8) is 0 Å². The van der Waals surface area contributed by atoms with E-state index in [2.05, 4.69) is 32.9 Å². The Bertz CT molecular complexity index is 457. The highest BCUT2D eigenvalue weighted by atomic mass is 16.2. The van der Waals surface area contributed by atoms with Crippen LogP contribution >= 0.6 is 0 Å². The molecule has 0 amide bonds. The van der Waals surface area contributed by atoms with E-state index < -0.39 is 0 Å². The summed E-state index contributed by atoms with van der Waals surface area (Å²) in [6.07, 6.45) is 21.2. The minimum Gasteiger partial charge on any atom is -0.516 e. The molecule has 2 rings (SSSR count). The Morgan fingerprint density at radius 2 is 1.68 bits per heavy atom. The molecule has 0 spiro atoms. The van der Waals surface area contributed by atoms with Gasteiger partial charge < -0.3 is 5.11 Å². The predicted molar refractivity (Wildman–Crippen MR) is 128 cm³/mol. The average molecular weight is 391 g/mol. The van der Waals surface area contributed by atoms with Crippen molar-refractivity contribution in [2.45, 2.75) is 113 Å². The fraction of sp³-hybridized carbons (Fsp3) is 0.778. The van der Waals surface area contributed by atoms with E-state index in [1.807, 2.05) is 33.8 Å². The summed E-state index contributed by atoms with van der Waals surface area (Å²) in [5.74, 6) is 3.36. The van der Waals surface area contributed by atoms with Crippen molar-refractivity contribution in [1.29, 1.82) is 0 Å². The molecule has 1 fully saturated rings. The minimum absolute atomic E-state index is 0.702. The van der Waals surface area contributed by atoms with Crippen molar-refractivity contribution in [3.05, 3.63) is 35.6 Å². The summed E-state index contributed by atoms with van der Waals surface area (Å²) in [5.41, 5.74) is 2.88. The van der Waals surface area contributed by atoms with Crippen LogP contribution in [0.1, 0.15) is 113 Å². The van der Waals surface area contributed by atoms with E-state index in [9.17, 15) is 5.11 Å². The molecule has 2 aliphatic rings. The maximum absolute atomic E-state index is 9.27. The molecule has 0 aromatic heterocycles. The largest absolute Gasteiger partial charge is 0.516 e. The summed E-state index contributed by atoms with van der Waals surface area (Å²) in [7, 11) is 0. The highest BCUT2D eigenvalue weighted by Crippen LogP contribution is 2.44. The summed E-state index contributed by atoms with van der Waals surface area (Å²) in [4.78, 5) is 0. The summed E-state index contributed by atoms with van der Waals surface area (Å²) in [6.45, 7) is 14.9. The third kappa shape index (κ3) is 8.58. The molecule has 4 atom stereocenters. The molecule has 0 aromatic rings. The Morgan fingerprint density at radius 3 is 2.29 bits per heavy atom. The van der Waals surface area contributed by atoms with E-state index in [-0.39, 0.29) is 0 Å². The lowest BCUT2D eigenvalue weighted by atomic mass is 9.71. The number of hydrogen-bond donors (Lipinski definition) is 1. The molecule has 1 nitrogen and oxygen atoms in total. The van der Waals surface area contributed by atoms with Gasteiger partial charge in [0.25, 0.3) is 0 Å². The third-order valence-electron chi connectivity index (χ3n) is 6.56. The minimum atomic E-state index is 0.702. The van der Waals surface area contributed by atoms with Crippen molar-refractivity contribution in [3.8, 4) is 0 Å². The Kier molecular flexibility index (Phi) is 16.3. The van der Waals surface area contributed by atoms with E-state index in [1.165, 1.54) is 75.2 Å². The molecule has 164 valence electrons. The van der Waals surface area contributed by atoms with Gasteiger partial charge in [0.05, 0.1) is 6.26 Å². The van der Waals surface area contributed by atoms with Crippen molar-refractivity contribution in [2.24, 2.45) is 23.7 Å². The van der Waals surface area contributed by atoms with Gasteiger partial charge in [-0.15, -0.1) is 0 Å². The number of fused-ring (bicyclic) bond motifs is 1. The first-order valence-electron chi connectivity index (χ1n) is 12.4. The molecule has 0 aliphatic heterocycles. The lowest BCUT2D eigenvalue weighted by molar-refractivity contribution is 0.277. The Labute approximate surface area is 177 Å². The Morgan fingerprint density at radius 1 is 0.964 bits per heavy atom. The van der Waals surface area contributed by atoms with Crippen LogP contribution < -0.4 is 0 Å². The second-order valence-corrected chi connectivity index (χ2v) is 8.09. The van der Waals surface area contributed by atoms with Gasteiger partial charge in [0.2, 0.25) is 0 Å². The third-order valence-corrected chi connectivity index (χ3v) is 6.56. The van der Waals surface area contributed by atoms with Crippen molar-refractivity contribution in [1.82, 2.24) is 0 Å². The zero-order chi connectivity index (χ0) is 21.4. The van der Waals surface area contributed by atoms with Gasteiger partial charge in [-0.3, -0.25) is 0 Å². The van der Waals surface area contributed by atoms with Gasteiger partial charge in [0, 0.05) is 0 Å². The first-order valence-corrected chi connectivity index (χ1v) is 12.4. The highest BCUT2D eigenvalue weighted by Gasteiger charge is 2.31. The number of unbranched alkanes of at least 4 members (excludes halogenated alkanes) is 1. The number of aliphatic hydroxyl groups is 1. The molecule has 0 aromatic carbocycles. The summed E-state index contributed by atoms with van der Waals surface area (Å²) in [5, 5.41) is 9.27. The van der Waals surface area contributed by atoms with Gasteiger partial charge in [0.1, 0.15) is 0 Å². The highest BCUT2D eigenvalue weighted by molar-refractivity contribution is 5.37. The van der Waals surface area contributed by atoms with Crippen molar-refractivity contribution >= 4 is 0 Å². The van der Waals surface area contributed by atoms with Gasteiger partial charge in [-0.1, -0.05) is 85.8 Å². The van der Waals surface area contributed by atoms with Gasteiger partial charge in [0.15, 0.2) is 0 Å². The standard InChI is InChI=1S/C23H38O.2C2H6/c1-4-6-9-19-10-7-11-20-13-14-21(16-17-24)22(8-5-2)23(20)15-12-18(19)3;2*1-2/h5,8,16-20,23-24H,4,6-7,9-15H2,1-3H3;2*1-2H3/b8-5-,17-16+;;. The van der Waals surface area contributed by atoms with Gasteiger partial charge in [-0.05, 0) is 79.9 Å². The molecular weight excluding hydrogens is 340 g/mol. The molecule has 0 bridgehead atoms. The molecule has 1 heteroatoms.